The number of amides is 2. The molecule has 0 spiro atoms. The lowest BCUT2D eigenvalue weighted by Crippen LogP contribution is -2.46. The molecule has 4 rings (SSSR count). The Morgan fingerprint density at radius 3 is 2.82 bits per heavy atom. The number of aryl methyl sites for hydroxylation is 1. The largest absolute Gasteiger partial charge is 0.355 e. The predicted octanol–water partition coefficient (Wildman–Crippen LogP) is 3.45. The molecule has 1 aliphatic heterocycles. The smallest absolute Gasteiger partial charge is 0.270 e. The van der Waals surface area contributed by atoms with Crippen molar-refractivity contribution in [2.45, 2.75) is 19.3 Å². The van der Waals surface area contributed by atoms with Crippen LogP contribution in [0.4, 0.5) is 0 Å². The number of piperidine rings is 1. The van der Waals surface area contributed by atoms with Crippen LogP contribution in [-0.4, -0.2) is 40.9 Å². The minimum absolute atomic E-state index is 0.0210. The van der Waals surface area contributed by atoms with Gasteiger partial charge in [0.2, 0.25) is 5.91 Å². The van der Waals surface area contributed by atoms with Gasteiger partial charge in [-0.1, -0.05) is 30.3 Å². The number of aromatic nitrogens is 1. The Balaban J connectivity index is 1.35. The molecular weight excluding hydrogens is 370 g/mol. The fraction of sp³-hybridized carbons (Fsp3) is 0.364. The quantitative estimate of drug-likeness (QED) is 0.719. The molecule has 1 N–H and O–H groups in total. The minimum atomic E-state index is -0.130. The molecule has 2 aromatic heterocycles. The Kier molecular flexibility index (Phi) is 5.48. The molecule has 146 valence electrons. The number of nitrogens with one attached hydrogen (secondary N) is 1. The molecule has 1 aromatic carbocycles. The highest BCUT2D eigenvalue weighted by Crippen LogP contribution is 2.26. The van der Waals surface area contributed by atoms with E-state index >= 15 is 0 Å². The van der Waals surface area contributed by atoms with E-state index in [2.05, 4.69) is 17.4 Å². The third kappa shape index (κ3) is 3.83. The van der Waals surface area contributed by atoms with Crippen LogP contribution in [0.1, 0.15) is 28.9 Å². The van der Waals surface area contributed by atoms with Crippen molar-refractivity contribution in [1.82, 2.24) is 14.8 Å². The van der Waals surface area contributed by atoms with Crippen LogP contribution in [0.5, 0.6) is 0 Å². The summed E-state index contributed by atoms with van der Waals surface area (Å²) < 4.78 is 3.08. The highest BCUT2D eigenvalue weighted by atomic mass is 32.1. The molecule has 1 atom stereocenters. The summed E-state index contributed by atoms with van der Waals surface area (Å²) in [6.45, 7) is 1.83. The highest BCUT2D eigenvalue weighted by Gasteiger charge is 2.30. The summed E-state index contributed by atoms with van der Waals surface area (Å²) in [5.74, 6) is -0.0520. The van der Waals surface area contributed by atoms with Crippen molar-refractivity contribution in [3.05, 3.63) is 59.1 Å². The number of rotatable bonds is 5. The van der Waals surface area contributed by atoms with Crippen molar-refractivity contribution >= 4 is 33.4 Å². The standard InChI is InChI=1S/C22H25N3O2S/c1-24-18-10-13-28-20(18)14-19(24)22(27)25-12-5-8-17(15-25)21(26)23-11-9-16-6-3-2-4-7-16/h2-4,6-7,10,13-14,17H,5,8-9,11-12,15H2,1H3,(H,23,26)/t17-/m0/s1. The van der Waals surface area contributed by atoms with Crippen molar-refractivity contribution in [3.8, 4) is 0 Å². The van der Waals surface area contributed by atoms with Crippen LogP contribution in [0.2, 0.25) is 0 Å². The summed E-state index contributed by atoms with van der Waals surface area (Å²) >= 11 is 1.64. The molecule has 0 aliphatic carbocycles. The van der Waals surface area contributed by atoms with Crippen LogP contribution in [0, 0.1) is 5.92 Å². The Morgan fingerprint density at radius 2 is 2.04 bits per heavy atom. The lowest BCUT2D eigenvalue weighted by Gasteiger charge is -2.32. The molecule has 0 radical (unpaired) electrons. The maximum atomic E-state index is 13.0. The van der Waals surface area contributed by atoms with Crippen molar-refractivity contribution in [3.63, 3.8) is 0 Å². The second kappa shape index (κ2) is 8.19. The van der Waals surface area contributed by atoms with E-state index in [1.807, 2.05) is 52.2 Å². The van der Waals surface area contributed by atoms with Gasteiger partial charge in [-0.05, 0) is 42.3 Å². The molecule has 6 heteroatoms. The fourth-order valence-electron chi connectivity index (χ4n) is 3.91. The Hall–Kier alpha value is -2.60. The molecule has 1 aliphatic rings. The number of hydrogen-bond acceptors (Lipinski definition) is 3. The first-order valence-electron chi connectivity index (χ1n) is 9.77. The zero-order valence-corrected chi connectivity index (χ0v) is 16.9. The number of carbonyl (C=O) groups is 2. The summed E-state index contributed by atoms with van der Waals surface area (Å²) in [5.41, 5.74) is 3.00. The second-order valence-electron chi connectivity index (χ2n) is 7.38. The molecule has 1 saturated heterocycles. The van der Waals surface area contributed by atoms with Crippen LogP contribution < -0.4 is 5.32 Å². The Labute approximate surface area is 169 Å². The number of hydrogen-bond donors (Lipinski definition) is 1. The molecule has 0 saturated carbocycles. The number of benzene rings is 1. The van der Waals surface area contributed by atoms with E-state index in [1.54, 1.807) is 11.3 Å². The monoisotopic (exact) mass is 395 g/mol. The van der Waals surface area contributed by atoms with Crippen molar-refractivity contribution in [2.75, 3.05) is 19.6 Å². The summed E-state index contributed by atoms with van der Waals surface area (Å²) in [5, 5.41) is 5.09. The lowest BCUT2D eigenvalue weighted by molar-refractivity contribution is -0.126. The van der Waals surface area contributed by atoms with E-state index in [0.717, 1.165) is 29.5 Å². The topological polar surface area (TPSA) is 54.3 Å². The third-order valence-corrected chi connectivity index (χ3v) is 6.37. The van der Waals surface area contributed by atoms with Crippen LogP contribution in [0.3, 0.4) is 0 Å². The fourth-order valence-corrected chi connectivity index (χ4v) is 4.76. The van der Waals surface area contributed by atoms with Crippen molar-refractivity contribution in [1.29, 1.82) is 0 Å². The van der Waals surface area contributed by atoms with E-state index in [4.69, 9.17) is 0 Å². The molecular formula is C22H25N3O2S. The van der Waals surface area contributed by atoms with Gasteiger partial charge in [-0.3, -0.25) is 9.59 Å². The Morgan fingerprint density at radius 1 is 1.21 bits per heavy atom. The van der Waals surface area contributed by atoms with Gasteiger partial charge < -0.3 is 14.8 Å². The molecule has 2 amide bonds. The maximum Gasteiger partial charge on any atom is 0.270 e. The van der Waals surface area contributed by atoms with E-state index in [-0.39, 0.29) is 17.7 Å². The van der Waals surface area contributed by atoms with Gasteiger partial charge in [-0.25, -0.2) is 0 Å². The normalized spacial score (nSPS) is 17.0. The number of fused-ring (bicyclic) bond motifs is 1. The number of nitrogens with zero attached hydrogens (tertiary/aromatic N) is 2. The minimum Gasteiger partial charge on any atom is -0.355 e. The number of likely N-dealkylation sites (tertiary alicyclic amines) is 1. The summed E-state index contributed by atoms with van der Waals surface area (Å²) in [4.78, 5) is 27.5. The summed E-state index contributed by atoms with van der Waals surface area (Å²) in [7, 11) is 1.93. The van der Waals surface area contributed by atoms with E-state index in [0.29, 0.717) is 25.3 Å². The van der Waals surface area contributed by atoms with Gasteiger partial charge in [-0.15, -0.1) is 11.3 Å². The van der Waals surface area contributed by atoms with E-state index in [1.165, 1.54) is 5.56 Å². The Bertz CT molecular complexity index is 976. The number of carbonyl (C=O) groups excluding carboxylic acids is 2. The van der Waals surface area contributed by atoms with Crippen LogP contribution in [0.25, 0.3) is 10.2 Å². The van der Waals surface area contributed by atoms with Gasteiger partial charge in [0.05, 0.1) is 16.1 Å². The van der Waals surface area contributed by atoms with Crippen LogP contribution >= 0.6 is 11.3 Å². The average Bonchev–Trinajstić information content (AvgIpc) is 3.31. The first-order chi connectivity index (χ1) is 13.6. The molecule has 1 fully saturated rings. The van der Waals surface area contributed by atoms with Gasteiger partial charge in [0.1, 0.15) is 5.69 Å². The molecule has 0 unspecified atom stereocenters. The average molecular weight is 396 g/mol. The zero-order chi connectivity index (χ0) is 19.5. The highest BCUT2D eigenvalue weighted by molar-refractivity contribution is 7.17. The maximum absolute atomic E-state index is 13.0. The summed E-state index contributed by atoms with van der Waals surface area (Å²) in [6.07, 6.45) is 2.52. The van der Waals surface area contributed by atoms with Gasteiger partial charge >= 0.3 is 0 Å². The lowest BCUT2D eigenvalue weighted by atomic mass is 9.96. The summed E-state index contributed by atoms with van der Waals surface area (Å²) in [6, 6.07) is 14.1. The number of thiophene rings is 1. The second-order valence-corrected chi connectivity index (χ2v) is 8.32. The first-order valence-corrected chi connectivity index (χ1v) is 10.7. The molecule has 3 aromatic rings. The SMILES string of the molecule is Cn1c(C(=O)N2CCC[C@H](C(=O)NCCc3ccccc3)C2)cc2sccc21. The first kappa shape index (κ1) is 18.7. The third-order valence-electron chi connectivity index (χ3n) is 5.52. The molecule has 28 heavy (non-hydrogen) atoms. The van der Waals surface area contributed by atoms with Gasteiger partial charge in [0.25, 0.3) is 5.91 Å². The predicted molar refractivity (Wildman–Crippen MR) is 113 cm³/mol. The van der Waals surface area contributed by atoms with Gasteiger partial charge in [-0.2, -0.15) is 0 Å². The van der Waals surface area contributed by atoms with E-state index in [9.17, 15) is 9.59 Å². The molecule has 3 heterocycles. The van der Waals surface area contributed by atoms with Gasteiger partial charge in [0.15, 0.2) is 0 Å². The molecule has 0 bridgehead atoms. The van der Waals surface area contributed by atoms with Crippen molar-refractivity contribution in [2.24, 2.45) is 13.0 Å². The van der Waals surface area contributed by atoms with Crippen molar-refractivity contribution < 1.29 is 9.59 Å². The zero-order valence-electron chi connectivity index (χ0n) is 16.1. The molecule has 5 nitrogen and oxygen atoms in total. The van der Waals surface area contributed by atoms with Crippen LogP contribution in [0.15, 0.2) is 47.8 Å². The van der Waals surface area contributed by atoms with Crippen LogP contribution in [-0.2, 0) is 18.3 Å². The van der Waals surface area contributed by atoms with Gasteiger partial charge in [0, 0.05) is 26.7 Å². The van der Waals surface area contributed by atoms with E-state index < -0.39 is 0 Å².